The van der Waals surface area contributed by atoms with E-state index in [1.807, 2.05) is 30.3 Å². The Morgan fingerprint density at radius 3 is 2.60 bits per heavy atom. The molecule has 0 aromatic heterocycles. The zero-order valence-electron chi connectivity index (χ0n) is 12.0. The molecule has 3 amide bonds. The lowest BCUT2D eigenvalue weighted by Crippen LogP contribution is -2.47. The number of carbonyl (C=O) groups excluding carboxylic acids is 2. The highest BCUT2D eigenvalue weighted by Gasteiger charge is 2.29. The van der Waals surface area contributed by atoms with Crippen molar-refractivity contribution in [3.63, 3.8) is 0 Å². The Bertz CT molecular complexity index is 473. The first-order chi connectivity index (χ1) is 9.58. The molecule has 5 nitrogen and oxygen atoms in total. The topological polar surface area (TPSA) is 52.7 Å². The highest BCUT2D eigenvalue weighted by molar-refractivity contribution is 5.93. The Morgan fingerprint density at radius 2 is 1.95 bits per heavy atom. The largest absolute Gasteiger partial charge is 0.331 e. The Kier molecular flexibility index (Phi) is 4.61. The maximum atomic E-state index is 12.2. The van der Waals surface area contributed by atoms with Gasteiger partial charge in [0.1, 0.15) is 0 Å². The van der Waals surface area contributed by atoms with Gasteiger partial charge in [-0.2, -0.15) is 0 Å². The summed E-state index contributed by atoms with van der Waals surface area (Å²) < 4.78 is 0. The van der Waals surface area contributed by atoms with Gasteiger partial charge in [-0.1, -0.05) is 18.2 Å². The van der Waals surface area contributed by atoms with E-state index in [4.69, 9.17) is 0 Å². The number of para-hydroxylation sites is 1. The molecule has 0 radical (unpaired) electrons. The molecular weight excluding hydrogens is 254 g/mol. The van der Waals surface area contributed by atoms with Crippen LogP contribution < -0.4 is 5.32 Å². The summed E-state index contributed by atoms with van der Waals surface area (Å²) in [5, 5.41) is 2.91. The number of nitrogens with one attached hydrogen (secondary N) is 1. The van der Waals surface area contributed by atoms with E-state index in [1.54, 1.807) is 23.9 Å². The minimum Gasteiger partial charge on any atom is -0.331 e. The van der Waals surface area contributed by atoms with E-state index in [0.717, 1.165) is 25.1 Å². The molecule has 108 valence electrons. The van der Waals surface area contributed by atoms with Crippen LogP contribution in [-0.4, -0.2) is 48.9 Å². The Labute approximate surface area is 119 Å². The van der Waals surface area contributed by atoms with Gasteiger partial charge in [0, 0.05) is 32.9 Å². The summed E-state index contributed by atoms with van der Waals surface area (Å²) in [6.07, 6.45) is 1.70. The molecule has 1 saturated heterocycles. The number of hydrogen-bond donors (Lipinski definition) is 1. The Morgan fingerprint density at radius 1 is 1.25 bits per heavy atom. The number of rotatable bonds is 2. The van der Waals surface area contributed by atoms with Crippen molar-refractivity contribution in [2.45, 2.75) is 12.8 Å². The molecule has 1 aromatic rings. The third kappa shape index (κ3) is 3.50. The molecule has 0 bridgehead atoms. The van der Waals surface area contributed by atoms with Gasteiger partial charge in [-0.25, -0.2) is 4.79 Å². The van der Waals surface area contributed by atoms with E-state index >= 15 is 0 Å². The Hall–Kier alpha value is -2.04. The molecular formula is C15H21N3O2. The molecule has 2 rings (SSSR count). The highest BCUT2D eigenvalue weighted by Crippen LogP contribution is 2.19. The summed E-state index contributed by atoms with van der Waals surface area (Å²) in [6, 6.07) is 9.39. The lowest BCUT2D eigenvalue weighted by Gasteiger charge is -2.33. The van der Waals surface area contributed by atoms with Crippen LogP contribution in [0, 0.1) is 5.92 Å². The number of anilines is 1. The molecule has 1 N–H and O–H groups in total. The molecule has 1 atom stereocenters. The second kappa shape index (κ2) is 6.41. The average molecular weight is 275 g/mol. The van der Waals surface area contributed by atoms with Crippen LogP contribution in [0.2, 0.25) is 0 Å². The number of carbonyl (C=O) groups is 2. The molecule has 1 aliphatic rings. The molecule has 0 aliphatic carbocycles. The van der Waals surface area contributed by atoms with Crippen LogP contribution in [0.4, 0.5) is 10.5 Å². The van der Waals surface area contributed by atoms with E-state index in [0.29, 0.717) is 6.54 Å². The summed E-state index contributed by atoms with van der Waals surface area (Å²) in [5.41, 5.74) is 0.800. The van der Waals surface area contributed by atoms with Crippen molar-refractivity contribution in [3.05, 3.63) is 30.3 Å². The summed E-state index contributed by atoms with van der Waals surface area (Å²) in [4.78, 5) is 27.5. The van der Waals surface area contributed by atoms with Gasteiger partial charge in [-0.05, 0) is 25.0 Å². The van der Waals surface area contributed by atoms with Crippen LogP contribution in [0.1, 0.15) is 12.8 Å². The molecule has 1 aliphatic heterocycles. The standard InChI is InChI=1S/C15H21N3O2/c1-17(2)15(20)18-10-6-7-12(11-18)14(19)16-13-8-4-3-5-9-13/h3-5,8-9,12H,6-7,10-11H2,1-2H3,(H,16,19)/t12-/m0/s1. The van der Waals surface area contributed by atoms with Crippen LogP contribution in [0.3, 0.4) is 0 Å². The lowest BCUT2D eigenvalue weighted by molar-refractivity contribution is -0.121. The lowest BCUT2D eigenvalue weighted by atomic mass is 9.97. The highest BCUT2D eigenvalue weighted by atomic mass is 16.2. The third-order valence-corrected chi connectivity index (χ3v) is 3.49. The maximum absolute atomic E-state index is 12.2. The van der Waals surface area contributed by atoms with Gasteiger partial charge in [-0.15, -0.1) is 0 Å². The molecule has 20 heavy (non-hydrogen) atoms. The second-order valence-electron chi connectivity index (χ2n) is 5.32. The average Bonchev–Trinajstić information content (AvgIpc) is 2.47. The molecule has 1 heterocycles. The zero-order valence-corrected chi connectivity index (χ0v) is 12.0. The number of benzene rings is 1. The first kappa shape index (κ1) is 14.4. The maximum Gasteiger partial charge on any atom is 0.319 e. The molecule has 0 spiro atoms. The zero-order chi connectivity index (χ0) is 14.5. The fraction of sp³-hybridized carbons (Fsp3) is 0.467. The predicted molar refractivity (Wildman–Crippen MR) is 78.5 cm³/mol. The van der Waals surface area contributed by atoms with Crippen LogP contribution in [0.5, 0.6) is 0 Å². The first-order valence-corrected chi connectivity index (χ1v) is 6.90. The number of piperidine rings is 1. The fourth-order valence-corrected chi connectivity index (χ4v) is 2.41. The summed E-state index contributed by atoms with van der Waals surface area (Å²) >= 11 is 0. The predicted octanol–water partition coefficient (Wildman–Crippen LogP) is 2.02. The van der Waals surface area contributed by atoms with Crippen molar-refractivity contribution in [3.8, 4) is 0 Å². The number of hydrogen-bond acceptors (Lipinski definition) is 2. The molecule has 1 aromatic carbocycles. The normalized spacial score (nSPS) is 18.5. The van der Waals surface area contributed by atoms with Gasteiger partial charge in [0.05, 0.1) is 5.92 Å². The van der Waals surface area contributed by atoms with Crippen molar-refractivity contribution in [2.75, 3.05) is 32.5 Å². The van der Waals surface area contributed by atoms with Gasteiger partial charge in [0.25, 0.3) is 0 Å². The van der Waals surface area contributed by atoms with Crippen LogP contribution in [0.15, 0.2) is 30.3 Å². The number of urea groups is 1. The summed E-state index contributed by atoms with van der Waals surface area (Å²) in [6.45, 7) is 1.22. The van der Waals surface area contributed by atoms with Gasteiger partial charge in [0.15, 0.2) is 0 Å². The monoisotopic (exact) mass is 275 g/mol. The second-order valence-corrected chi connectivity index (χ2v) is 5.32. The first-order valence-electron chi connectivity index (χ1n) is 6.90. The van der Waals surface area contributed by atoms with E-state index in [-0.39, 0.29) is 17.9 Å². The van der Waals surface area contributed by atoms with Crippen LogP contribution >= 0.6 is 0 Å². The molecule has 0 saturated carbocycles. The van der Waals surface area contributed by atoms with E-state index < -0.39 is 0 Å². The van der Waals surface area contributed by atoms with Crippen molar-refractivity contribution in [2.24, 2.45) is 5.92 Å². The van der Waals surface area contributed by atoms with Crippen molar-refractivity contribution in [1.82, 2.24) is 9.80 Å². The quantitative estimate of drug-likeness (QED) is 0.897. The Balaban J connectivity index is 1.95. The van der Waals surface area contributed by atoms with E-state index in [2.05, 4.69) is 5.32 Å². The molecule has 5 heteroatoms. The van der Waals surface area contributed by atoms with E-state index in [1.165, 1.54) is 0 Å². The smallest absolute Gasteiger partial charge is 0.319 e. The SMILES string of the molecule is CN(C)C(=O)N1CCC[C@H](C(=O)Nc2ccccc2)C1. The van der Waals surface area contributed by atoms with Gasteiger partial charge >= 0.3 is 6.03 Å². The van der Waals surface area contributed by atoms with Crippen molar-refractivity contribution < 1.29 is 9.59 Å². The van der Waals surface area contributed by atoms with Crippen LogP contribution in [0.25, 0.3) is 0 Å². The van der Waals surface area contributed by atoms with Gasteiger partial charge in [-0.3, -0.25) is 4.79 Å². The number of nitrogens with zero attached hydrogens (tertiary/aromatic N) is 2. The van der Waals surface area contributed by atoms with Crippen LogP contribution in [-0.2, 0) is 4.79 Å². The molecule has 1 fully saturated rings. The minimum atomic E-state index is -0.132. The number of amides is 3. The summed E-state index contributed by atoms with van der Waals surface area (Å²) in [7, 11) is 3.46. The fourth-order valence-electron chi connectivity index (χ4n) is 2.41. The molecule has 0 unspecified atom stereocenters. The third-order valence-electron chi connectivity index (χ3n) is 3.49. The van der Waals surface area contributed by atoms with Gasteiger partial charge < -0.3 is 15.1 Å². The van der Waals surface area contributed by atoms with Gasteiger partial charge in [0.2, 0.25) is 5.91 Å². The minimum absolute atomic E-state index is 0.00699. The van der Waals surface area contributed by atoms with E-state index in [9.17, 15) is 9.59 Å². The van der Waals surface area contributed by atoms with Crippen molar-refractivity contribution in [1.29, 1.82) is 0 Å². The summed E-state index contributed by atoms with van der Waals surface area (Å²) in [5.74, 6) is -0.139. The van der Waals surface area contributed by atoms with Crippen molar-refractivity contribution >= 4 is 17.6 Å². The number of likely N-dealkylation sites (tertiary alicyclic amines) is 1.